The average Bonchev–Trinajstić information content (AvgIpc) is 2.75. The van der Waals surface area contributed by atoms with Gasteiger partial charge in [0.15, 0.2) is 0 Å². The summed E-state index contributed by atoms with van der Waals surface area (Å²) in [6.07, 6.45) is -2.76. The summed E-state index contributed by atoms with van der Waals surface area (Å²) in [6, 6.07) is 12.6. The molecular formula is C22H24ClF3N2O3S. The number of halogens is 4. The fourth-order valence-electron chi connectivity index (χ4n) is 3.74. The highest BCUT2D eigenvalue weighted by molar-refractivity contribution is 7.89. The van der Waals surface area contributed by atoms with Crippen molar-refractivity contribution in [2.45, 2.75) is 31.9 Å². The van der Waals surface area contributed by atoms with Gasteiger partial charge in [0.25, 0.3) is 0 Å². The SMILES string of the molecule is O=C(Nc1ccc(Cl)cc1C(F)(F)F)C1CCCN(S(=O)(=O)CCCc2ccccc2)C1. The molecule has 1 unspecified atom stereocenters. The smallest absolute Gasteiger partial charge is 0.325 e. The minimum atomic E-state index is -4.69. The highest BCUT2D eigenvalue weighted by Gasteiger charge is 2.36. The Morgan fingerprint density at radius 3 is 2.56 bits per heavy atom. The lowest BCUT2D eigenvalue weighted by Crippen LogP contribution is -2.44. The molecule has 1 saturated heterocycles. The summed E-state index contributed by atoms with van der Waals surface area (Å²) in [5.41, 5.74) is -0.392. The Morgan fingerprint density at radius 2 is 1.88 bits per heavy atom. The van der Waals surface area contributed by atoms with Crippen LogP contribution in [0.2, 0.25) is 5.02 Å². The van der Waals surface area contributed by atoms with Crippen LogP contribution in [-0.4, -0.2) is 37.5 Å². The lowest BCUT2D eigenvalue weighted by Gasteiger charge is -2.31. The molecule has 0 saturated carbocycles. The van der Waals surface area contributed by atoms with Crippen molar-refractivity contribution in [1.82, 2.24) is 4.31 Å². The highest BCUT2D eigenvalue weighted by Crippen LogP contribution is 2.37. The first kappa shape index (κ1) is 24.5. The number of hydrogen-bond donors (Lipinski definition) is 1. The molecule has 2 aromatic rings. The minimum Gasteiger partial charge on any atom is -0.325 e. The second-order valence-corrected chi connectivity index (χ2v) is 10.3. The van der Waals surface area contributed by atoms with Crippen LogP contribution in [0, 0.1) is 5.92 Å². The maximum Gasteiger partial charge on any atom is 0.418 e. The van der Waals surface area contributed by atoms with Crippen LogP contribution < -0.4 is 5.32 Å². The van der Waals surface area contributed by atoms with E-state index in [1.165, 1.54) is 10.4 Å². The molecule has 0 bridgehead atoms. The summed E-state index contributed by atoms with van der Waals surface area (Å²) in [4.78, 5) is 12.7. The number of amides is 1. The Balaban J connectivity index is 1.62. The van der Waals surface area contributed by atoms with Crippen LogP contribution in [0.4, 0.5) is 18.9 Å². The van der Waals surface area contributed by atoms with Crippen molar-refractivity contribution in [1.29, 1.82) is 0 Å². The molecule has 3 rings (SSSR count). The third-order valence-corrected chi connectivity index (χ3v) is 7.56. The number of alkyl halides is 3. The number of benzene rings is 2. The molecule has 0 aliphatic carbocycles. The summed E-state index contributed by atoms with van der Waals surface area (Å²) in [7, 11) is -3.57. The number of carbonyl (C=O) groups is 1. The van der Waals surface area contributed by atoms with Crippen LogP contribution in [0.5, 0.6) is 0 Å². The minimum absolute atomic E-state index is 0.0472. The Labute approximate surface area is 190 Å². The van der Waals surface area contributed by atoms with Crippen molar-refractivity contribution in [2.75, 3.05) is 24.2 Å². The maximum absolute atomic E-state index is 13.3. The third-order valence-electron chi connectivity index (χ3n) is 5.40. The van der Waals surface area contributed by atoms with Crippen LogP contribution in [0.25, 0.3) is 0 Å². The quantitative estimate of drug-likeness (QED) is 0.598. The molecule has 174 valence electrons. The van der Waals surface area contributed by atoms with Gasteiger partial charge in [-0.15, -0.1) is 0 Å². The van der Waals surface area contributed by atoms with E-state index in [4.69, 9.17) is 11.6 Å². The van der Waals surface area contributed by atoms with E-state index in [1.54, 1.807) is 0 Å². The third kappa shape index (κ3) is 6.46. The molecule has 32 heavy (non-hydrogen) atoms. The average molecular weight is 489 g/mol. The molecule has 1 aliphatic rings. The van der Waals surface area contributed by atoms with Gasteiger partial charge in [-0.25, -0.2) is 12.7 Å². The fourth-order valence-corrected chi connectivity index (χ4v) is 5.49. The molecule has 1 heterocycles. The second kappa shape index (κ2) is 10.2. The number of aryl methyl sites for hydroxylation is 1. The summed E-state index contributed by atoms with van der Waals surface area (Å²) in [5, 5.41) is 2.22. The van der Waals surface area contributed by atoms with Crippen LogP contribution in [0.3, 0.4) is 0 Å². The lowest BCUT2D eigenvalue weighted by atomic mass is 9.98. The predicted octanol–water partition coefficient (Wildman–Crippen LogP) is 4.97. The van der Waals surface area contributed by atoms with E-state index < -0.39 is 39.3 Å². The van der Waals surface area contributed by atoms with Gasteiger partial charge < -0.3 is 5.32 Å². The first-order chi connectivity index (χ1) is 15.1. The first-order valence-corrected chi connectivity index (χ1v) is 12.2. The number of carbonyl (C=O) groups excluding carboxylic acids is 1. The molecule has 0 aromatic heterocycles. The second-order valence-electron chi connectivity index (χ2n) is 7.78. The zero-order valence-corrected chi connectivity index (χ0v) is 18.8. The standard InChI is InChI=1S/C22H24ClF3N2O3S/c23-18-10-11-20(19(14-18)22(24,25)26)27-21(29)17-9-4-12-28(15-17)32(30,31)13-5-8-16-6-2-1-3-7-16/h1-3,6-7,10-11,14,17H,4-5,8-9,12-13,15H2,(H,27,29). The van der Waals surface area contributed by atoms with Gasteiger partial charge in [0.05, 0.1) is 22.9 Å². The normalized spacial score (nSPS) is 17.8. The highest BCUT2D eigenvalue weighted by atomic mass is 35.5. The van der Waals surface area contributed by atoms with Gasteiger partial charge in [-0.05, 0) is 49.4 Å². The zero-order chi connectivity index (χ0) is 23.4. The van der Waals surface area contributed by atoms with E-state index in [9.17, 15) is 26.4 Å². The summed E-state index contributed by atoms with van der Waals surface area (Å²) >= 11 is 5.67. The summed E-state index contributed by atoms with van der Waals surface area (Å²) in [5.74, 6) is -1.42. The molecule has 10 heteroatoms. The van der Waals surface area contributed by atoms with E-state index in [0.29, 0.717) is 32.2 Å². The topological polar surface area (TPSA) is 66.5 Å². The van der Waals surface area contributed by atoms with Crippen molar-refractivity contribution in [3.05, 3.63) is 64.7 Å². The van der Waals surface area contributed by atoms with E-state index in [1.807, 2.05) is 30.3 Å². The summed E-state index contributed by atoms with van der Waals surface area (Å²) < 4.78 is 66.6. The summed E-state index contributed by atoms with van der Waals surface area (Å²) in [6.45, 7) is 0.251. The van der Waals surface area contributed by atoms with Gasteiger partial charge in [0, 0.05) is 18.1 Å². The number of anilines is 1. The first-order valence-electron chi connectivity index (χ1n) is 10.3. The Hall–Kier alpha value is -2.10. The molecule has 1 aliphatic heterocycles. The van der Waals surface area contributed by atoms with Gasteiger partial charge in [-0.1, -0.05) is 41.9 Å². The van der Waals surface area contributed by atoms with Crippen molar-refractivity contribution < 1.29 is 26.4 Å². The van der Waals surface area contributed by atoms with Crippen LogP contribution in [-0.2, 0) is 27.4 Å². The van der Waals surface area contributed by atoms with Crippen LogP contribution in [0.1, 0.15) is 30.4 Å². The van der Waals surface area contributed by atoms with Gasteiger partial charge in [0.2, 0.25) is 15.9 Å². The van der Waals surface area contributed by atoms with Crippen molar-refractivity contribution >= 4 is 33.2 Å². The maximum atomic E-state index is 13.3. The Morgan fingerprint density at radius 1 is 1.16 bits per heavy atom. The number of sulfonamides is 1. The number of piperidine rings is 1. The van der Waals surface area contributed by atoms with Gasteiger partial charge >= 0.3 is 6.18 Å². The van der Waals surface area contributed by atoms with E-state index in [0.717, 1.165) is 17.7 Å². The van der Waals surface area contributed by atoms with E-state index in [-0.39, 0.29) is 17.3 Å². The molecule has 1 atom stereocenters. The molecule has 1 N–H and O–H groups in total. The predicted molar refractivity (Wildman–Crippen MR) is 118 cm³/mol. The fraction of sp³-hybridized carbons (Fsp3) is 0.409. The van der Waals surface area contributed by atoms with Gasteiger partial charge in [0.1, 0.15) is 0 Å². The van der Waals surface area contributed by atoms with Crippen molar-refractivity contribution in [3.63, 3.8) is 0 Å². The Kier molecular flexibility index (Phi) is 7.84. The molecule has 2 aromatic carbocycles. The lowest BCUT2D eigenvalue weighted by molar-refractivity contribution is -0.137. The number of hydrogen-bond acceptors (Lipinski definition) is 3. The molecule has 0 radical (unpaired) electrons. The van der Waals surface area contributed by atoms with Crippen molar-refractivity contribution in [2.24, 2.45) is 5.92 Å². The number of nitrogens with one attached hydrogen (secondary N) is 1. The van der Waals surface area contributed by atoms with E-state index in [2.05, 4.69) is 5.32 Å². The molecule has 1 fully saturated rings. The number of rotatable bonds is 7. The Bertz CT molecular complexity index is 1050. The largest absolute Gasteiger partial charge is 0.418 e. The monoisotopic (exact) mass is 488 g/mol. The zero-order valence-electron chi connectivity index (χ0n) is 17.2. The molecule has 1 amide bonds. The van der Waals surface area contributed by atoms with Crippen LogP contribution in [0.15, 0.2) is 48.5 Å². The molecule has 5 nitrogen and oxygen atoms in total. The van der Waals surface area contributed by atoms with Crippen LogP contribution >= 0.6 is 11.6 Å². The van der Waals surface area contributed by atoms with Crippen molar-refractivity contribution in [3.8, 4) is 0 Å². The molecule has 0 spiro atoms. The van der Waals surface area contributed by atoms with Gasteiger partial charge in [-0.3, -0.25) is 4.79 Å². The molecular weight excluding hydrogens is 465 g/mol. The van der Waals surface area contributed by atoms with E-state index >= 15 is 0 Å². The van der Waals surface area contributed by atoms with Gasteiger partial charge in [-0.2, -0.15) is 13.2 Å². The number of nitrogens with zero attached hydrogens (tertiary/aromatic N) is 1.